The monoisotopic (exact) mass is 476 g/mol. The van der Waals surface area contributed by atoms with E-state index in [0.717, 1.165) is 11.3 Å². The van der Waals surface area contributed by atoms with Gasteiger partial charge in [-0.3, -0.25) is 4.79 Å². The maximum atomic E-state index is 13.1. The van der Waals surface area contributed by atoms with Crippen molar-refractivity contribution in [2.75, 3.05) is 25.4 Å². The van der Waals surface area contributed by atoms with Gasteiger partial charge in [0.2, 0.25) is 10.0 Å². The normalized spacial score (nSPS) is 19.8. The summed E-state index contributed by atoms with van der Waals surface area (Å²) < 4.78 is 43.5. The molecule has 1 amide bonds. The second kappa shape index (κ2) is 8.88. The van der Waals surface area contributed by atoms with Crippen molar-refractivity contribution in [2.45, 2.75) is 46.8 Å². The van der Waals surface area contributed by atoms with Crippen LogP contribution in [0.4, 0.5) is 0 Å². The molecule has 3 aromatic rings. The van der Waals surface area contributed by atoms with Gasteiger partial charge >= 0.3 is 0 Å². The average molecular weight is 477 g/mol. The van der Waals surface area contributed by atoms with Gasteiger partial charge in [-0.15, -0.1) is 0 Å². The summed E-state index contributed by atoms with van der Waals surface area (Å²) in [5.74, 6) is 0.761. The highest BCUT2D eigenvalue weighted by Gasteiger charge is 2.31. The fraction of sp³-hybridized carbons (Fsp3) is 0.500. The molecule has 1 saturated heterocycles. The molecule has 0 aromatic carbocycles. The Balaban J connectivity index is 1.54. The number of carbonyl (C=O) groups excluding carboxylic acids is 1. The first kappa shape index (κ1) is 23.4. The van der Waals surface area contributed by atoms with Gasteiger partial charge < -0.3 is 19.0 Å². The Bertz CT molecular complexity index is 1290. The first-order valence-corrected chi connectivity index (χ1v) is 12.4. The lowest BCUT2D eigenvalue weighted by Crippen LogP contribution is -2.49. The molecular weight excluding hydrogens is 448 g/mol. The number of aromatic nitrogens is 2. The number of amides is 1. The summed E-state index contributed by atoms with van der Waals surface area (Å²) in [7, 11) is -3.54. The van der Waals surface area contributed by atoms with E-state index in [1.54, 1.807) is 13.0 Å². The van der Waals surface area contributed by atoms with E-state index in [0.29, 0.717) is 41.2 Å². The molecule has 0 aliphatic carbocycles. The minimum Gasteiger partial charge on any atom is -0.466 e. The zero-order valence-corrected chi connectivity index (χ0v) is 20.2. The number of carbonyl (C=O) groups is 1. The lowest BCUT2D eigenvalue weighted by atomic mass is 10.1. The number of sulfonamides is 1. The molecule has 11 heteroatoms. The van der Waals surface area contributed by atoms with Gasteiger partial charge in [0, 0.05) is 25.2 Å². The van der Waals surface area contributed by atoms with Crippen LogP contribution in [0.5, 0.6) is 0 Å². The van der Waals surface area contributed by atoms with Gasteiger partial charge in [0.1, 0.15) is 11.5 Å². The molecule has 2 atom stereocenters. The quantitative estimate of drug-likeness (QED) is 0.575. The first-order chi connectivity index (χ1) is 15.5. The maximum absolute atomic E-state index is 13.1. The number of furan rings is 1. The fourth-order valence-electron chi connectivity index (χ4n) is 4.17. The van der Waals surface area contributed by atoms with E-state index in [1.165, 1.54) is 4.31 Å². The van der Waals surface area contributed by atoms with Crippen LogP contribution < -0.4 is 5.32 Å². The highest BCUT2D eigenvalue weighted by molar-refractivity contribution is 7.89. The number of nitrogens with one attached hydrogen (secondary N) is 1. The summed E-state index contributed by atoms with van der Waals surface area (Å²) in [6.07, 6.45) is -0.346. The Labute approximate surface area is 192 Å². The van der Waals surface area contributed by atoms with Crippen LogP contribution in [0.25, 0.3) is 22.4 Å². The van der Waals surface area contributed by atoms with Crippen LogP contribution in [0.2, 0.25) is 0 Å². The standard InChI is InChI=1S/C22H28N4O6S/c1-12-8-17(16(5)31-12)19-9-18(20-15(4)25-32-22(20)24-19)21(27)23-6-7-33(28,29)26-10-13(2)30-14(3)11-26/h8-9,13-14H,6-7,10-11H2,1-5H3,(H,23,27). The summed E-state index contributed by atoms with van der Waals surface area (Å²) in [4.78, 5) is 17.6. The van der Waals surface area contributed by atoms with Gasteiger partial charge in [-0.1, -0.05) is 5.16 Å². The molecule has 1 aliphatic rings. The summed E-state index contributed by atoms with van der Waals surface area (Å²) in [5, 5.41) is 7.16. The Morgan fingerprint density at radius 1 is 1.18 bits per heavy atom. The van der Waals surface area contributed by atoms with Crippen molar-refractivity contribution < 1.29 is 26.9 Å². The van der Waals surface area contributed by atoms with Crippen LogP contribution in [0.1, 0.15) is 41.4 Å². The lowest BCUT2D eigenvalue weighted by Gasteiger charge is -2.34. The zero-order valence-electron chi connectivity index (χ0n) is 19.3. The largest absolute Gasteiger partial charge is 0.466 e. The number of pyridine rings is 1. The zero-order chi connectivity index (χ0) is 23.9. The van der Waals surface area contributed by atoms with E-state index in [4.69, 9.17) is 13.7 Å². The number of nitrogens with zero attached hydrogens (tertiary/aromatic N) is 3. The summed E-state index contributed by atoms with van der Waals surface area (Å²) in [6, 6.07) is 3.49. The molecule has 178 valence electrons. The van der Waals surface area contributed by atoms with Gasteiger partial charge in [-0.25, -0.2) is 13.4 Å². The van der Waals surface area contributed by atoms with Crippen molar-refractivity contribution in [2.24, 2.45) is 0 Å². The van der Waals surface area contributed by atoms with Crippen molar-refractivity contribution in [3.63, 3.8) is 0 Å². The Morgan fingerprint density at radius 3 is 2.52 bits per heavy atom. The van der Waals surface area contributed by atoms with Gasteiger partial charge in [0.05, 0.1) is 40.3 Å². The molecule has 4 heterocycles. The van der Waals surface area contributed by atoms with E-state index < -0.39 is 15.9 Å². The van der Waals surface area contributed by atoms with Gasteiger partial charge in [-0.2, -0.15) is 4.31 Å². The maximum Gasteiger partial charge on any atom is 0.259 e. The number of hydrogen-bond donors (Lipinski definition) is 1. The molecule has 0 spiro atoms. The molecule has 33 heavy (non-hydrogen) atoms. The van der Waals surface area contributed by atoms with E-state index in [9.17, 15) is 13.2 Å². The molecule has 0 radical (unpaired) electrons. The van der Waals surface area contributed by atoms with E-state index in [-0.39, 0.29) is 30.2 Å². The second-order valence-corrected chi connectivity index (χ2v) is 10.6. The highest BCUT2D eigenvalue weighted by Crippen LogP contribution is 2.30. The van der Waals surface area contributed by atoms with Crippen molar-refractivity contribution in [1.82, 2.24) is 19.8 Å². The van der Waals surface area contributed by atoms with Crippen molar-refractivity contribution >= 4 is 27.0 Å². The first-order valence-electron chi connectivity index (χ1n) is 10.8. The second-order valence-electron chi connectivity index (χ2n) is 8.48. The minimum absolute atomic E-state index is 0.0331. The molecule has 3 aromatic heterocycles. The van der Waals surface area contributed by atoms with Crippen LogP contribution in [0.15, 0.2) is 21.1 Å². The number of morpholine rings is 1. The Morgan fingerprint density at radius 2 is 1.88 bits per heavy atom. The minimum atomic E-state index is -3.54. The third kappa shape index (κ3) is 4.80. The molecule has 10 nitrogen and oxygen atoms in total. The molecule has 2 unspecified atom stereocenters. The third-order valence-electron chi connectivity index (χ3n) is 5.60. The van der Waals surface area contributed by atoms with Crippen molar-refractivity contribution in [1.29, 1.82) is 0 Å². The molecule has 1 N–H and O–H groups in total. The predicted molar refractivity (Wildman–Crippen MR) is 121 cm³/mol. The predicted octanol–water partition coefficient (Wildman–Crippen LogP) is 2.58. The van der Waals surface area contributed by atoms with Gasteiger partial charge in [0.15, 0.2) is 0 Å². The number of rotatable bonds is 6. The number of aryl methyl sites for hydroxylation is 3. The topological polar surface area (TPSA) is 128 Å². The van der Waals surface area contributed by atoms with Crippen LogP contribution in [-0.4, -0.2) is 66.4 Å². The molecular formula is C22H28N4O6S. The molecule has 1 aliphatic heterocycles. The van der Waals surface area contributed by atoms with Crippen LogP contribution in [0, 0.1) is 20.8 Å². The van der Waals surface area contributed by atoms with Crippen LogP contribution in [0.3, 0.4) is 0 Å². The fourth-order valence-corrected chi connectivity index (χ4v) is 5.66. The third-order valence-corrected chi connectivity index (χ3v) is 7.41. The van der Waals surface area contributed by atoms with E-state index in [1.807, 2.05) is 33.8 Å². The highest BCUT2D eigenvalue weighted by atomic mass is 32.2. The molecule has 0 saturated carbocycles. The van der Waals surface area contributed by atoms with Crippen LogP contribution in [-0.2, 0) is 14.8 Å². The van der Waals surface area contributed by atoms with Crippen molar-refractivity contribution in [3.8, 4) is 11.3 Å². The number of ether oxygens (including phenoxy) is 1. The molecule has 0 bridgehead atoms. The number of fused-ring (bicyclic) bond motifs is 1. The van der Waals surface area contributed by atoms with E-state index >= 15 is 0 Å². The summed E-state index contributed by atoms with van der Waals surface area (Å²) >= 11 is 0. The Kier molecular flexibility index (Phi) is 6.30. The lowest BCUT2D eigenvalue weighted by molar-refractivity contribution is -0.0440. The average Bonchev–Trinajstić information content (AvgIpc) is 3.27. The van der Waals surface area contributed by atoms with Crippen LogP contribution >= 0.6 is 0 Å². The van der Waals surface area contributed by atoms with Crippen molar-refractivity contribution in [3.05, 3.63) is 34.9 Å². The summed E-state index contributed by atoms with van der Waals surface area (Å²) in [5.41, 5.74) is 2.34. The van der Waals surface area contributed by atoms with Gasteiger partial charge in [0.25, 0.3) is 11.6 Å². The molecule has 4 rings (SSSR count). The number of hydrogen-bond acceptors (Lipinski definition) is 8. The summed E-state index contributed by atoms with van der Waals surface area (Å²) in [6.45, 7) is 9.64. The smallest absolute Gasteiger partial charge is 0.259 e. The SMILES string of the molecule is Cc1cc(-c2cc(C(=O)NCCS(=O)(=O)N3CC(C)OC(C)C3)c3c(C)noc3n2)c(C)o1. The Hall–Kier alpha value is -2.76. The van der Waals surface area contributed by atoms with Gasteiger partial charge in [-0.05, 0) is 46.8 Å². The van der Waals surface area contributed by atoms with E-state index in [2.05, 4.69) is 15.5 Å². The molecule has 1 fully saturated rings.